The van der Waals surface area contributed by atoms with Crippen LogP contribution in [0, 0.1) is 0 Å². The van der Waals surface area contributed by atoms with Crippen molar-refractivity contribution in [2.45, 2.75) is 0 Å². The first-order valence-corrected chi connectivity index (χ1v) is 16.0. The number of furan rings is 1. The van der Waals surface area contributed by atoms with E-state index in [0.717, 1.165) is 55.0 Å². The van der Waals surface area contributed by atoms with Gasteiger partial charge in [0.25, 0.3) is 0 Å². The first kappa shape index (κ1) is 26.0. The number of para-hydroxylation sites is 1. The van der Waals surface area contributed by atoms with Crippen molar-refractivity contribution in [3.63, 3.8) is 0 Å². The minimum atomic E-state index is 0.891. The van der Waals surface area contributed by atoms with E-state index in [2.05, 4.69) is 152 Å². The zero-order valence-electron chi connectivity index (χ0n) is 25.4. The van der Waals surface area contributed by atoms with Gasteiger partial charge in [-0.1, -0.05) is 127 Å². The Morgan fingerprint density at radius 2 is 1.04 bits per heavy atom. The molecule has 10 rings (SSSR count). The van der Waals surface area contributed by atoms with Crippen molar-refractivity contribution in [2.75, 3.05) is 0 Å². The third-order valence-corrected chi connectivity index (χ3v) is 9.64. The second-order valence-corrected chi connectivity index (χ2v) is 12.3. The van der Waals surface area contributed by atoms with Gasteiger partial charge < -0.3 is 4.42 Å². The van der Waals surface area contributed by atoms with Gasteiger partial charge in [-0.2, -0.15) is 0 Å². The van der Waals surface area contributed by atoms with Crippen LogP contribution in [0.2, 0.25) is 0 Å². The Morgan fingerprint density at radius 1 is 0.362 bits per heavy atom. The molecule has 2 heteroatoms. The molecule has 0 N–H and O–H groups in total. The summed E-state index contributed by atoms with van der Waals surface area (Å²) in [5, 5.41) is 10.8. The summed E-state index contributed by atoms with van der Waals surface area (Å²) in [5.74, 6) is 0. The number of rotatable bonds is 3. The largest absolute Gasteiger partial charge is 0.456 e. The molecular formula is C45H27NO. The molecule has 2 aromatic heterocycles. The van der Waals surface area contributed by atoms with Crippen LogP contribution in [-0.4, -0.2) is 4.98 Å². The number of fused-ring (bicyclic) bond motifs is 10. The van der Waals surface area contributed by atoms with Crippen LogP contribution in [0.5, 0.6) is 0 Å². The first-order valence-electron chi connectivity index (χ1n) is 16.0. The Kier molecular flexibility index (Phi) is 5.61. The van der Waals surface area contributed by atoms with Crippen molar-refractivity contribution < 1.29 is 4.42 Å². The lowest BCUT2D eigenvalue weighted by molar-refractivity contribution is 0.669. The fourth-order valence-corrected chi connectivity index (χ4v) is 7.44. The molecule has 0 radical (unpaired) electrons. The van der Waals surface area contributed by atoms with Crippen LogP contribution in [-0.2, 0) is 0 Å². The van der Waals surface area contributed by atoms with Crippen molar-refractivity contribution >= 4 is 65.2 Å². The van der Waals surface area contributed by atoms with Gasteiger partial charge in [-0.3, -0.25) is 0 Å². The summed E-state index contributed by atoms with van der Waals surface area (Å²) in [6, 6.07) is 58.5. The lowest BCUT2D eigenvalue weighted by Gasteiger charge is -2.13. The van der Waals surface area contributed by atoms with E-state index < -0.39 is 0 Å². The molecule has 0 atom stereocenters. The van der Waals surface area contributed by atoms with Crippen LogP contribution in [0.15, 0.2) is 168 Å². The monoisotopic (exact) mass is 597 g/mol. The van der Waals surface area contributed by atoms with E-state index in [1.165, 1.54) is 43.6 Å². The third-order valence-electron chi connectivity index (χ3n) is 9.64. The van der Waals surface area contributed by atoms with Gasteiger partial charge in [0, 0.05) is 32.5 Å². The smallest absolute Gasteiger partial charge is 0.136 e. The van der Waals surface area contributed by atoms with E-state index in [-0.39, 0.29) is 0 Å². The van der Waals surface area contributed by atoms with E-state index in [0.29, 0.717) is 0 Å². The summed E-state index contributed by atoms with van der Waals surface area (Å²) in [4.78, 5) is 5.26. The number of nitrogens with zero attached hydrogens (tertiary/aromatic N) is 1. The average Bonchev–Trinajstić information content (AvgIpc) is 3.53. The molecular weight excluding hydrogens is 571 g/mol. The molecule has 0 saturated carbocycles. The molecule has 0 aliphatic heterocycles. The van der Waals surface area contributed by atoms with Crippen molar-refractivity contribution in [3.8, 4) is 33.5 Å². The summed E-state index contributed by atoms with van der Waals surface area (Å²) < 4.78 is 6.36. The number of pyridine rings is 1. The predicted molar refractivity (Wildman–Crippen MR) is 198 cm³/mol. The molecule has 2 heterocycles. The summed E-state index contributed by atoms with van der Waals surface area (Å²) in [6.07, 6.45) is 0. The normalized spacial score (nSPS) is 11.8. The van der Waals surface area contributed by atoms with Gasteiger partial charge in [-0.15, -0.1) is 0 Å². The second kappa shape index (κ2) is 10.1. The minimum Gasteiger partial charge on any atom is -0.456 e. The third kappa shape index (κ3) is 4.02. The zero-order valence-corrected chi connectivity index (χ0v) is 25.4. The molecule has 0 aliphatic rings. The predicted octanol–water partition coefficient (Wildman–Crippen LogP) is 12.6. The topological polar surface area (TPSA) is 26.0 Å². The highest BCUT2D eigenvalue weighted by Gasteiger charge is 2.18. The molecule has 0 bridgehead atoms. The van der Waals surface area contributed by atoms with E-state index in [4.69, 9.17) is 9.40 Å². The Labute approximate surface area is 271 Å². The summed E-state index contributed by atoms with van der Waals surface area (Å²) >= 11 is 0. The Hall–Kier alpha value is -6.25. The van der Waals surface area contributed by atoms with Crippen LogP contribution in [0.4, 0.5) is 0 Å². The molecule has 8 aromatic carbocycles. The summed E-state index contributed by atoms with van der Waals surface area (Å²) in [6.45, 7) is 0. The van der Waals surface area contributed by atoms with Crippen molar-refractivity contribution in [3.05, 3.63) is 164 Å². The van der Waals surface area contributed by atoms with E-state index in [9.17, 15) is 0 Å². The van der Waals surface area contributed by atoms with Gasteiger partial charge in [0.15, 0.2) is 0 Å². The first-order chi connectivity index (χ1) is 23.3. The van der Waals surface area contributed by atoms with Crippen LogP contribution in [0.1, 0.15) is 0 Å². The van der Waals surface area contributed by atoms with Gasteiger partial charge in [0.2, 0.25) is 0 Å². The van der Waals surface area contributed by atoms with Crippen molar-refractivity contribution in [1.82, 2.24) is 4.98 Å². The zero-order chi connectivity index (χ0) is 30.9. The Bertz CT molecular complexity index is 2830. The van der Waals surface area contributed by atoms with Gasteiger partial charge in [0.05, 0.1) is 11.2 Å². The van der Waals surface area contributed by atoms with Crippen molar-refractivity contribution in [2.24, 2.45) is 0 Å². The van der Waals surface area contributed by atoms with Crippen LogP contribution in [0.3, 0.4) is 0 Å². The molecule has 0 saturated heterocycles. The number of hydrogen-bond acceptors (Lipinski definition) is 2. The van der Waals surface area contributed by atoms with Crippen molar-refractivity contribution in [1.29, 1.82) is 0 Å². The van der Waals surface area contributed by atoms with E-state index >= 15 is 0 Å². The highest BCUT2D eigenvalue weighted by atomic mass is 16.3. The lowest BCUT2D eigenvalue weighted by Crippen LogP contribution is -1.91. The quantitative estimate of drug-likeness (QED) is 0.189. The number of benzene rings is 8. The maximum atomic E-state index is 6.36. The molecule has 218 valence electrons. The van der Waals surface area contributed by atoms with Gasteiger partial charge in [-0.05, 0) is 80.2 Å². The summed E-state index contributed by atoms with van der Waals surface area (Å²) in [7, 11) is 0. The molecule has 0 unspecified atom stereocenters. The highest BCUT2D eigenvalue weighted by molar-refractivity contribution is 6.28. The fourth-order valence-electron chi connectivity index (χ4n) is 7.44. The molecule has 0 amide bonds. The average molecular weight is 598 g/mol. The molecule has 2 nitrogen and oxygen atoms in total. The molecule has 10 aromatic rings. The maximum absolute atomic E-state index is 6.36. The molecule has 0 aliphatic carbocycles. The second-order valence-electron chi connectivity index (χ2n) is 12.3. The van der Waals surface area contributed by atoms with Crippen LogP contribution >= 0.6 is 0 Å². The maximum Gasteiger partial charge on any atom is 0.136 e. The number of hydrogen-bond donors (Lipinski definition) is 0. The van der Waals surface area contributed by atoms with Gasteiger partial charge in [-0.25, -0.2) is 4.98 Å². The Morgan fingerprint density at radius 3 is 1.89 bits per heavy atom. The minimum absolute atomic E-state index is 0.891. The molecule has 0 spiro atoms. The fraction of sp³-hybridized carbons (Fsp3) is 0. The molecule has 47 heavy (non-hydrogen) atoms. The molecule has 0 fully saturated rings. The lowest BCUT2D eigenvalue weighted by atomic mass is 9.92. The van der Waals surface area contributed by atoms with E-state index in [1.807, 2.05) is 12.1 Å². The van der Waals surface area contributed by atoms with Gasteiger partial charge >= 0.3 is 0 Å². The standard InChI is InChI=1S/C45H27NO/c1-2-10-30(11-3-1)45-37-23-25-42-44(36-16-8-9-17-41(36)47-42)43(37)39-26-31(22-24-40(39)46-45)28-18-20-29(21-19-28)38-27-32-12-4-5-13-33(32)34-14-6-7-15-35(34)38/h1-27H. The highest BCUT2D eigenvalue weighted by Crippen LogP contribution is 2.42. The Balaban J connectivity index is 1.18. The van der Waals surface area contributed by atoms with Gasteiger partial charge in [0.1, 0.15) is 11.2 Å². The van der Waals surface area contributed by atoms with Crippen LogP contribution < -0.4 is 0 Å². The van der Waals surface area contributed by atoms with Crippen LogP contribution in [0.25, 0.3) is 98.7 Å². The summed E-state index contributed by atoms with van der Waals surface area (Å²) in [5.41, 5.74) is 9.64. The van der Waals surface area contributed by atoms with E-state index in [1.54, 1.807) is 0 Å². The SMILES string of the molecule is c1ccc(-c2nc3ccc(-c4ccc(-c5cc6ccccc6c6ccccc56)cc4)cc3c3c2ccc2oc4ccccc4c23)cc1. The number of aromatic nitrogens is 1.